The van der Waals surface area contributed by atoms with Crippen molar-refractivity contribution in [3.05, 3.63) is 17.5 Å². The number of nitrogens with one attached hydrogen (secondary N) is 2. The Bertz CT molecular complexity index is 393. The monoisotopic (exact) mass is 222 g/mol. The van der Waals surface area contributed by atoms with Crippen LogP contribution in [0.2, 0.25) is 5.15 Å². The smallest absolute Gasteiger partial charge is 0.252 e. The second kappa shape index (κ2) is 3.86. The SMILES string of the molecule is CNS(=O)(=O)Nc1nccnc1Cl. The van der Waals surface area contributed by atoms with Gasteiger partial charge in [-0.25, -0.2) is 14.7 Å². The third-order valence-electron chi connectivity index (χ3n) is 1.15. The minimum absolute atomic E-state index is 0.00123. The van der Waals surface area contributed by atoms with Crippen molar-refractivity contribution >= 4 is 27.6 Å². The molecule has 0 bridgehead atoms. The maximum absolute atomic E-state index is 11.0. The van der Waals surface area contributed by atoms with E-state index >= 15 is 0 Å². The van der Waals surface area contributed by atoms with Crippen LogP contribution in [0.15, 0.2) is 12.4 Å². The zero-order valence-electron chi connectivity index (χ0n) is 6.65. The van der Waals surface area contributed by atoms with E-state index in [0.717, 1.165) is 0 Å². The minimum Gasteiger partial charge on any atom is -0.252 e. The predicted molar refractivity (Wildman–Crippen MR) is 48.6 cm³/mol. The zero-order chi connectivity index (χ0) is 9.90. The molecule has 0 aliphatic carbocycles. The highest BCUT2D eigenvalue weighted by atomic mass is 35.5. The molecule has 1 rings (SSSR count). The molecule has 0 amide bonds. The Balaban J connectivity index is 2.93. The fourth-order valence-corrected chi connectivity index (χ4v) is 1.28. The molecule has 72 valence electrons. The maximum Gasteiger partial charge on any atom is 0.300 e. The highest BCUT2D eigenvalue weighted by Gasteiger charge is 2.10. The van der Waals surface area contributed by atoms with E-state index in [-0.39, 0.29) is 11.0 Å². The van der Waals surface area contributed by atoms with E-state index in [2.05, 4.69) is 19.4 Å². The number of halogens is 1. The average Bonchev–Trinajstić information content (AvgIpc) is 2.09. The van der Waals surface area contributed by atoms with E-state index in [1.54, 1.807) is 0 Å². The lowest BCUT2D eigenvalue weighted by Crippen LogP contribution is -2.27. The van der Waals surface area contributed by atoms with Gasteiger partial charge in [0.1, 0.15) is 0 Å². The highest BCUT2D eigenvalue weighted by Crippen LogP contribution is 2.14. The molecule has 0 aromatic carbocycles. The fraction of sp³-hybridized carbons (Fsp3) is 0.200. The highest BCUT2D eigenvalue weighted by molar-refractivity contribution is 7.90. The third-order valence-corrected chi connectivity index (χ3v) is 2.43. The van der Waals surface area contributed by atoms with Crippen LogP contribution in [0, 0.1) is 0 Å². The van der Waals surface area contributed by atoms with Gasteiger partial charge < -0.3 is 0 Å². The molecule has 0 spiro atoms. The summed E-state index contributed by atoms with van der Waals surface area (Å²) in [6, 6.07) is 0. The molecule has 1 aromatic heterocycles. The van der Waals surface area contributed by atoms with Crippen LogP contribution in [0.3, 0.4) is 0 Å². The Kier molecular flexibility index (Phi) is 3.02. The number of anilines is 1. The van der Waals surface area contributed by atoms with Gasteiger partial charge in [0, 0.05) is 19.4 Å². The molecule has 0 radical (unpaired) electrons. The summed E-state index contributed by atoms with van der Waals surface area (Å²) in [7, 11) is -2.31. The van der Waals surface area contributed by atoms with Gasteiger partial charge in [-0.1, -0.05) is 11.6 Å². The van der Waals surface area contributed by atoms with Crippen molar-refractivity contribution in [1.82, 2.24) is 14.7 Å². The van der Waals surface area contributed by atoms with Gasteiger partial charge in [-0.05, 0) is 0 Å². The van der Waals surface area contributed by atoms with E-state index in [9.17, 15) is 8.42 Å². The van der Waals surface area contributed by atoms with Crippen molar-refractivity contribution in [1.29, 1.82) is 0 Å². The Hall–Kier alpha value is -0.920. The molecule has 1 aromatic rings. The van der Waals surface area contributed by atoms with Crippen molar-refractivity contribution in [3.63, 3.8) is 0 Å². The molecule has 0 atom stereocenters. The largest absolute Gasteiger partial charge is 0.300 e. The van der Waals surface area contributed by atoms with Gasteiger partial charge in [0.15, 0.2) is 11.0 Å². The first-order valence-corrected chi connectivity index (χ1v) is 5.09. The first-order valence-electron chi connectivity index (χ1n) is 3.23. The zero-order valence-corrected chi connectivity index (χ0v) is 8.22. The first-order chi connectivity index (χ1) is 6.05. The van der Waals surface area contributed by atoms with Crippen LogP contribution in [-0.2, 0) is 10.2 Å². The van der Waals surface area contributed by atoms with Gasteiger partial charge in [0.25, 0.3) is 10.2 Å². The van der Waals surface area contributed by atoms with Crippen LogP contribution in [0.4, 0.5) is 5.82 Å². The van der Waals surface area contributed by atoms with Crippen molar-refractivity contribution in [2.75, 3.05) is 11.8 Å². The third kappa shape index (κ3) is 2.79. The molecule has 2 N–H and O–H groups in total. The lowest BCUT2D eigenvalue weighted by Gasteiger charge is -2.05. The molecule has 0 fully saturated rings. The Morgan fingerprint density at radius 2 is 2.00 bits per heavy atom. The molecule has 6 nitrogen and oxygen atoms in total. The minimum atomic E-state index is -3.58. The standard InChI is InChI=1S/C5H7ClN4O2S/c1-7-13(11,12)10-5-4(6)8-2-3-9-5/h2-3,7H,1H3,(H,9,10). The Morgan fingerprint density at radius 3 is 2.54 bits per heavy atom. The Labute approximate surface area is 80.5 Å². The van der Waals surface area contributed by atoms with E-state index in [1.807, 2.05) is 0 Å². The quantitative estimate of drug-likeness (QED) is 0.755. The maximum atomic E-state index is 11.0. The summed E-state index contributed by atoms with van der Waals surface area (Å²) in [4.78, 5) is 7.33. The van der Waals surface area contributed by atoms with Crippen LogP contribution >= 0.6 is 11.6 Å². The van der Waals surface area contributed by atoms with Crippen LogP contribution in [-0.4, -0.2) is 25.4 Å². The van der Waals surface area contributed by atoms with Crippen molar-refractivity contribution in [2.45, 2.75) is 0 Å². The number of hydrogen-bond acceptors (Lipinski definition) is 4. The summed E-state index contributed by atoms with van der Waals surface area (Å²) in [5.41, 5.74) is 0. The van der Waals surface area contributed by atoms with Crippen molar-refractivity contribution < 1.29 is 8.42 Å². The van der Waals surface area contributed by atoms with Gasteiger partial charge in [-0.15, -0.1) is 0 Å². The molecule has 0 aliphatic heterocycles. The van der Waals surface area contributed by atoms with Crippen LogP contribution < -0.4 is 9.44 Å². The lowest BCUT2D eigenvalue weighted by molar-refractivity contribution is 0.593. The lowest BCUT2D eigenvalue weighted by atomic mass is 10.7. The van der Waals surface area contributed by atoms with Crippen LogP contribution in [0.25, 0.3) is 0 Å². The normalized spacial score (nSPS) is 11.2. The van der Waals surface area contributed by atoms with Crippen LogP contribution in [0.5, 0.6) is 0 Å². The number of aromatic nitrogens is 2. The average molecular weight is 223 g/mol. The number of hydrogen-bond donors (Lipinski definition) is 2. The molecule has 8 heteroatoms. The van der Waals surface area contributed by atoms with E-state index < -0.39 is 10.2 Å². The van der Waals surface area contributed by atoms with E-state index in [4.69, 9.17) is 11.6 Å². The van der Waals surface area contributed by atoms with E-state index in [0.29, 0.717) is 0 Å². The van der Waals surface area contributed by atoms with Gasteiger partial charge >= 0.3 is 0 Å². The van der Waals surface area contributed by atoms with E-state index in [1.165, 1.54) is 19.4 Å². The molecule has 1 heterocycles. The fourth-order valence-electron chi connectivity index (χ4n) is 0.568. The topological polar surface area (TPSA) is 84.0 Å². The van der Waals surface area contributed by atoms with Crippen molar-refractivity contribution in [2.24, 2.45) is 0 Å². The van der Waals surface area contributed by atoms with Crippen molar-refractivity contribution in [3.8, 4) is 0 Å². The molecule has 0 saturated carbocycles. The molecule has 13 heavy (non-hydrogen) atoms. The summed E-state index contributed by atoms with van der Waals surface area (Å²) in [5, 5.41) is 0.00123. The molecule has 0 aliphatic rings. The molecule has 0 unspecified atom stereocenters. The van der Waals surface area contributed by atoms with Crippen LogP contribution in [0.1, 0.15) is 0 Å². The molecular weight excluding hydrogens is 216 g/mol. The van der Waals surface area contributed by atoms with Gasteiger partial charge in [-0.3, -0.25) is 4.72 Å². The molecular formula is C5H7ClN4O2S. The number of rotatable bonds is 3. The van der Waals surface area contributed by atoms with Gasteiger partial charge in [0.2, 0.25) is 0 Å². The summed E-state index contributed by atoms with van der Waals surface area (Å²) in [6.45, 7) is 0. The first kappa shape index (κ1) is 10.2. The second-order valence-electron chi connectivity index (χ2n) is 2.01. The van der Waals surface area contributed by atoms with Gasteiger partial charge in [0.05, 0.1) is 0 Å². The van der Waals surface area contributed by atoms with Gasteiger partial charge in [-0.2, -0.15) is 8.42 Å². The number of nitrogens with zero attached hydrogens (tertiary/aromatic N) is 2. The predicted octanol–water partition coefficient (Wildman–Crippen LogP) is 0.00610. The summed E-state index contributed by atoms with van der Waals surface area (Å²) >= 11 is 5.56. The molecule has 0 saturated heterocycles. The summed E-state index contributed by atoms with van der Waals surface area (Å²) < 4.78 is 26.1. The summed E-state index contributed by atoms with van der Waals surface area (Å²) in [6.07, 6.45) is 2.69. The summed E-state index contributed by atoms with van der Waals surface area (Å²) in [5.74, 6) is -0.00137. The Morgan fingerprint density at radius 1 is 1.38 bits per heavy atom. The second-order valence-corrected chi connectivity index (χ2v) is 3.98.